The van der Waals surface area contributed by atoms with Crippen LogP contribution in [0.3, 0.4) is 0 Å². The van der Waals surface area contributed by atoms with Gasteiger partial charge in [-0.25, -0.2) is 0 Å². The van der Waals surface area contributed by atoms with Crippen molar-refractivity contribution < 1.29 is 9.59 Å². The second-order valence-electron chi connectivity index (χ2n) is 6.65. The van der Waals surface area contributed by atoms with Crippen LogP contribution in [-0.4, -0.2) is 23.3 Å². The summed E-state index contributed by atoms with van der Waals surface area (Å²) < 4.78 is 0. The minimum Gasteiger partial charge on any atom is -0.361 e. The number of H-pyrrole nitrogens is 1. The van der Waals surface area contributed by atoms with Crippen molar-refractivity contribution in [1.82, 2.24) is 10.3 Å². The van der Waals surface area contributed by atoms with Gasteiger partial charge in [0, 0.05) is 35.8 Å². The molecule has 0 bridgehead atoms. The molecule has 5 nitrogen and oxygen atoms in total. The number of carbonyl (C=O) groups is 2. The average molecular weight is 347 g/mol. The zero-order valence-corrected chi connectivity index (χ0v) is 14.4. The lowest BCUT2D eigenvalue weighted by Gasteiger charge is -2.24. The Morgan fingerprint density at radius 1 is 1.12 bits per heavy atom. The summed E-state index contributed by atoms with van der Waals surface area (Å²) in [5.41, 5.74) is 4.03. The summed E-state index contributed by atoms with van der Waals surface area (Å²) in [7, 11) is 0. The van der Waals surface area contributed by atoms with Gasteiger partial charge in [-0.1, -0.05) is 36.4 Å². The van der Waals surface area contributed by atoms with Gasteiger partial charge in [-0.3, -0.25) is 9.59 Å². The minimum atomic E-state index is -0.409. The lowest BCUT2D eigenvalue weighted by Crippen LogP contribution is -2.35. The number of rotatable bonds is 5. The molecule has 132 valence electrons. The fraction of sp³-hybridized carbons (Fsp3) is 0.238. The van der Waals surface area contributed by atoms with E-state index in [0.717, 1.165) is 29.6 Å². The van der Waals surface area contributed by atoms with Gasteiger partial charge in [0.25, 0.3) is 0 Å². The van der Waals surface area contributed by atoms with E-state index in [-0.39, 0.29) is 18.2 Å². The molecular weight excluding hydrogens is 326 g/mol. The summed E-state index contributed by atoms with van der Waals surface area (Å²) in [6.45, 7) is 0.596. The molecule has 0 saturated heterocycles. The molecule has 2 heterocycles. The van der Waals surface area contributed by atoms with Crippen LogP contribution in [0.1, 0.15) is 29.9 Å². The Morgan fingerprint density at radius 3 is 2.85 bits per heavy atom. The maximum atomic E-state index is 12.6. The van der Waals surface area contributed by atoms with E-state index in [1.54, 1.807) is 0 Å². The highest BCUT2D eigenvalue weighted by atomic mass is 16.2. The van der Waals surface area contributed by atoms with Crippen LogP contribution in [-0.2, 0) is 16.0 Å². The molecule has 1 aliphatic rings. The summed E-state index contributed by atoms with van der Waals surface area (Å²) in [5.74, 6) is -0.595. The third kappa shape index (κ3) is 3.20. The second kappa shape index (κ2) is 7.04. The van der Waals surface area contributed by atoms with Crippen molar-refractivity contribution in [1.29, 1.82) is 0 Å². The molecule has 1 aromatic heterocycles. The Kier molecular flexibility index (Phi) is 4.44. The Labute approximate surface area is 151 Å². The number of carbonyl (C=O) groups excluding carboxylic acids is 2. The summed E-state index contributed by atoms with van der Waals surface area (Å²) in [5, 5.41) is 7.05. The highest BCUT2D eigenvalue weighted by Gasteiger charge is 2.30. The molecule has 0 saturated carbocycles. The van der Waals surface area contributed by atoms with Crippen molar-refractivity contribution in [2.75, 3.05) is 11.9 Å². The van der Waals surface area contributed by atoms with E-state index in [0.29, 0.717) is 6.54 Å². The molecule has 4 rings (SSSR count). The van der Waals surface area contributed by atoms with Crippen molar-refractivity contribution in [3.63, 3.8) is 0 Å². The van der Waals surface area contributed by atoms with Gasteiger partial charge in [-0.2, -0.15) is 0 Å². The monoisotopic (exact) mass is 347 g/mol. The van der Waals surface area contributed by atoms with Gasteiger partial charge in [0.05, 0.1) is 5.92 Å². The number of para-hydroxylation sites is 2. The van der Waals surface area contributed by atoms with Crippen molar-refractivity contribution in [2.45, 2.75) is 25.2 Å². The normalized spacial score (nSPS) is 16.2. The molecule has 0 radical (unpaired) electrons. The van der Waals surface area contributed by atoms with Crippen LogP contribution in [0.2, 0.25) is 0 Å². The van der Waals surface area contributed by atoms with Crippen molar-refractivity contribution in [2.24, 2.45) is 0 Å². The Hall–Kier alpha value is -3.08. The zero-order chi connectivity index (χ0) is 17.9. The summed E-state index contributed by atoms with van der Waals surface area (Å²) >= 11 is 0. The number of hydrogen-bond donors (Lipinski definition) is 3. The first-order chi connectivity index (χ1) is 12.7. The Bertz CT molecular complexity index is 961. The number of aromatic amines is 1. The van der Waals surface area contributed by atoms with Crippen molar-refractivity contribution in [3.8, 4) is 0 Å². The van der Waals surface area contributed by atoms with Crippen LogP contribution >= 0.6 is 0 Å². The summed E-state index contributed by atoms with van der Waals surface area (Å²) in [4.78, 5) is 27.7. The van der Waals surface area contributed by atoms with Gasteiger partial charge in [-0.05, 0) is 36.1 Å². The van der Waals surface area contributed by atoms with Gasteiger partial charge in [0.1, 0.15) is 0 Å². The topological polar surface area (TPSA) is 74.0 Å². The molecule has 1 atom stereocenters. The Balaban J connectivity index is 1.35. The van der Waals surface area contributed by atoms with Crippen LogP contribution in [0.5, 0.6) is 0 Å². The molecule has 3 N–H and O–H groups in total. The van der Waals surface area contributed by atoms with Crippen LogP contribution in [0.25, 0.3) is 10.9 Å². The molecule has 2 amide bonds. The molecule has 1 aliphatic heterocycles. The number of hydrogen-bond acceptors (Lipinski definition) is 2. The van der Waals surface area contributed by atoms with Crippen molar-refractivity contribution >= 4 is 28.4 Å². The third-order valence-electron chi connectivity index (χ3n) is 4.91. The first-order valence-electron chi connectivity index (χ1n) is 8.94. The molecular formula is C21H21N3O2. The SMILES string of the molecule is O=C1CC(C(=O)NCCCc2c[nH]c3ccccc23)c2ccccc2N1. The molecule has 1 unspecified atom stereocenters. The van der Waals surface area contributed by atoms with Crippen LogP contribution < -0.4 is 10.6 Å². The van der Waals surface area contributed by atoms with E-state index in [2.05, 4.69) is 27.8 Å². The lowest BCUT2D eigenvalue weighted by atomic mass is 9.90. The third-order valence-corrected chi connectivity index (χ3v) is 4.91. The molecule has 0 aliphatic carbocycles. The predicted molar refractivity (Wildman–Crippen MR) is 102 cm³/mol. The number of fused-ring (bicyclic) bond motifs is 2. The Morgan fingerprint density at radius 2 is 1.92 bits per heavy atom. The maximum absolute atomic E-state index is 12.6. The molecule has 0 fully saturated rings. The zero-order valence-electron chi connectivity index (χ0n) is 14.4. The smallest absolute Gasteiger partial charge is 0.228 e. The van der Waals surface area contributed by atoms with E-state index < -0.39 is 5.92 Å². The number of nitrogens with one attached hydrogen (secondary N) is 3. The molecule has 0 spiro atoms. The number of amides is 2. The molecule has 26 heavy (non-hydrogen) atoms. The number of anilines is 1. The first-order valence-corrected chi connectivity index (χ1v) is 8.94. The quantitative estimate of drug-likeness (QED) is 0.619. The maximum Gasteiger partial charge on any atom is 0.228 e. The average Bonchev–Trinajstić information content (AvgIpc) is 3.07. The molecule has 3 aromatic rings. The highest BCUT2D eigenvalue weighted by molar-refractivity contribution is 6.01. The van der Waals surface area contributed by atoms with Gasteiger partial charge < -0.3 is 15.6 Å². The summed E-state index contributed by atoms with van der Waals surface area (Å²) in [6.07, 6.45) is 3.99. The number of aromatic nitrogens is 1. The van der Waals surface area contributed by atoms with E-state index in [4.69, 9.17) is 0 Å². The van der Waals surface area contributed by atoms with Gasteiger partial charge >= 0.3 is 0 Å². The minimum absolute atomic E-state index is 0.0776. The van der Waals surface area contributed by atoms with Crippen LogP contribution in [0.15, 0.2) is 54.7 Å². The number of benzene rings is 2. The predicted octanol–water partition coefficient (Wildman–Crippen LogP) is 3.34. The van der Waals surface area contributed by atoms with E-state index in [9.17, 15) is 9.59 Å². The first kappa shape index (κ1) is 16.4. The fourth-order valence-corrected chi connectivity index (χ4v) is 3.60. The highest BCUT2D eigenvalue weighted by Crippen LogP contribution is 2.31. The molecule has 5 heteroatoms. The van der Waals surface area contributed by atoms with Gasteiger partial charge in [-0.15, -0.1) is 0 Å². The standard InChI is InChI=1S/C21H21N3O2/c25-20-12-17(16-8-2-4-10-19(16)24-20)21(26)22-11-5-6-14-13-23-18-9-3-1-7-15(14)18/h1-4,7-10,13,17,23H,5-6,11-12H2,(H,22,26)(H,24,25). The van der Waals surface area contributed by atoms with E-state index in [1.165, 1.54) is 10.9 Å². The van der Waals surface area contributed by atoms with E-state index in [1.807, 2.05) is 42.6 Å². The summed E-state index contributed by atoms with van der Waals surface area (Å²) in [6, 6.07) is 15.7. The van der Waals surface area contributed by atoms with Crippen molar-refractivity contribution in [3.05, 3.63) is 65.9 Å². The van der Waals surface area contributed by atoms with Crippen LogP contribution in [0, 0.1) is 0 Å². The van der Waals surface area contributed by atoms with E-state index >= 15 is 0 Å². The molecule has 2 aromatic carbocycles. The lowest BCUT2D eigenvalue weighted by molar-refractivity contribution is -0.126. The van der Waals surface area contributed by atoms with Gasteiger partial charge in [0.15, 0.2) is 0 Å². The fourth-order valence-electron chi connectivity index (χ4n) is 3.60. The van der Waals surface area contributed by atoms with Gasteiger partial charge in [0.2, 0.25) is 11.8 Å². The second-order valence-corrected chi connectivity index (χ2v) is 6.65. The largest absolute Gasteiger partial charge is 0.361 e. The van der Waals surface area contributed by atoms with Crippen LogP contribution in [0.4, 0.5) is 5.69 Å². The number of aryl methyl sites for hydroxylation is 1.